The van der Waals surface area contributed by atoms with Crippen LogP contribution in [-0.4, -0.2) is 39.4 Å². The SMILES string of the molecule is CCOc1ccc(OC)cc1NC(=O)C(N)COC. The topological polar surface area (TPSA) is 82.8 Å². The maximum atomic E-state index is 11.8. The first kappa shape index (κ1) is 15.3. The first-order chi connectivity index (χ1) is 9.12. The lowest BCUT2D eigenvalue weighted by Crippen LogP contribution is -2.39. The number of hydrogen-bond donors (Lipinski definition) is 2. The van der Waals surface area contributed by atoms with Gasteiger partial charge in [-0.2, -0.15) is 0 Å². The second kappa shape index (κ2) is 7.60. The highest BCUT2D eigenvalue weighted by Crippen LogP contribution is 2.29. The van der Waals surface area contributed by atoms with Crippen molar-refractivity contribution in [3.63, 3.8) is 0 Å². The number of hydrogen-bond acceptors (Lipinski definition) is 5. The Morgan fingerprint density at radius 1 is 1.42 bits per heavy atom. The monoisotopic (exact) mass is 268 g/mol. The lowest BCUT2D eigenvalue weighted by molar-refractivity contribution is -0.118. The van der Waals surface area contributed by atoms with E-state index in [-0.39, 0.29) is 12.5 Å². The summed E-state index contributed by atoms with van der Waals surface area (Å²) in [6.07, 6.45) is 0. The maximum Gasteiger partial charge on any atom is 0.243 e. The van der Waals surface area contributed by atoms with Gasteiger partial charge in [0.15, 0.2) is 0 Å². The molecule has 0 saturated carbocycles. The van der Waals surface area contributed by atoms with Crippen LogP contribution in [0.5, 0.6) is 11.5 Å². The summed E-state index contributed by atoms with van der Waals surface area (Å²) >= 11 is 0. The van der Waals surface area contributed by atoms with Gasteiger partial charge in [-0.05, 0) is 19.1 Å². The minimum Gasteiger partial charge on any atom is -0.497 e. The second-order valence-corrected chi connectivity index (χ2v) is 3.85. The lowest BCUT2D eigenvalue weighted by atomic mass is 10.2. The Hall–Kier alpha value is -1.79. The molecule has 0 saturated heterocycles. The number of ether oxygens (including phenoxy) is 3. The van der Waals surface area contributed by atoms with Crippen LogP contribution in [0.3, 0.4) is 0 Å². The van der Waals surface area contributed by atoms with Crippen molar-refractivity contribution in [3.05, 3.63) is 18.2 Å². The summed E-state index contributed by atoms with van der Waals surface area (Å²) in [6, 6.07) is 4.45. The molecule has 1 aromatic rings. The van der Waals surface area contributed by atoms with Gasteiger partial charge in [-0.15, -0.1) is 0 Å². The molecule has 0 radical (unpaired) electrons. The first-order valence-electron chi connectivity index (χ1n) is 5.98. The summed E-state index contributed by atoms with van der Waals surface area (Å²) in [5.74, 6) is 0.858. The Bertz CT molecular complexity index is 423. The van der Waals surface area contributed by atoms with Crippen LogP contribution < -0.4 is 20.5 Å². The van der Waals surface area contributed by atoms with Gasteiger partial charge in [-0.25, -0.2) is 0 Å². The van der Waals surface area contributed by atoms with E-state index in [2.05, 4.69) is 5.32 Å². The van der Waals surface area contributed by atoms with Crippen molar-refractivity contribution in [1.29, 1.82) is 0 Å². The summed E-state index contributed by atoms with van der Waals surface area (Å²) < 4.78 is 15.4. The number of anilines is 1. The molecular formula is C13H20N2O4. The number of amides is 1. The predicted molar refractivity (Wildman–Crippen MR) is 72.6 cm³/mol. The zero-order valence-electron chi connectivity index (χ0n) is 11.4. The van der Waals surface area contributed by atoms with Gasteiger partial charge in [0, 0.05) is 13.2 Å². The van der Waals surface area contributed by atoms with Gasteiger partial charge in [-0.3, -0.25) is 4.79 Å². The maximum absolute atomic E-state index is 11.8. The third-order valence-electron chi connectivity index (χ3n) is 2.43. The van der Waals surface area contributed by atoms with Crippen LogP contribution in [0.1, 0.15) is 6.92 Å². The van der Waals surface area contributed by atoms with Gasteiger partial charge in [-0.1, -0.05) is 0 Å². The largest absolute Gasteiger partial charge is 0.497 e. The van der Waals surface area contributed by atoms with Crippen LogP contribution in [-0.2, 0) is 9.53 Å². The fourth-order valence-electron chi connectivity index (χ4n) is 1.50. The van der Waals surface area contributed by atoms with Gasteiger partial charge >= 0.3 is 0 Å². The van der Waals surface area contributed by atoms with E-state index in [0.717, 1.165) is 0 Å². The molecule has 6 heteroatoms. The van der Waals surface area contributed by atoms with E-state index in [1.807, 2.05) is 6.92 Å². The normalized spacial score (nSPS) is 11.8. The number of rotatable bonds is 7. The van der Waals surface area contributed by atoms with Crippen molar-refractivity contribution in [1.82, 2.24) is 0 Å². The summed E-state index contributed by atoms with van der Waals surface area (Å²) in [5.41, 5.74) is 6.19. The van der Waals surface area contributed by atoms with E-state index in [0.29, 0.717) is 23.8 Å². The minimum absolute atomic E-state index is 0.153. The summed E-state index contributed by atoms with van der Waals surface area (Å²) in [4.78, 5) is 11.8. The van der Waals surface area contributed by atoms with Crippen molar-refractivity contribution >= 4 is 11.6 Å². The van der Waals surface area contributed by atoms with E-state index in [1.165, 1.54) is 7.11 Å². The van der Waals surface area contributed by atoms with Gasteiger partial charge < -0.3 is 25.3 Å². The van der Waals surface area contributed by atoms with E-state index in [1.54, 1.807) is 25.3 Å². The molecular weight excluding hydrogens is 248 g/mol. The molecule has 1 amide bonds. The van der Waals surface area contributed by atoms with Crippen LogP contribution >= 0.6 is 0 Å². The van der Waals surface area contributed by atoms with E-state index in [9.17, 15) is 4.79 Å². The highest BCUT2D eigenvalue weighted by molar-refractivity contribution is 5.96. The third-order valence-corrected chi connectivity index (χ3v) is 2.43. The Kier molecular flexibility index (Phi) is 6.11. The van der Waals surface area contributed by atoms with E-state index >= 15 is 0 Å². The van der Waals surface area contributed by atoms with Crippen molar-refractivity contribution in [2.45, 2.75) is 13.0 Å². The standard InChI is InChI=1S/C13H20N2O4/c1-4-19-12-6-5-9(18-3)7-11(12)15-13(16)10(14)8-17-2/h5-7,10H,4,8,14H2,1-3H3,(H,15,16). The molecule has 1 aromatic carbocycles. The number of nitrogens with two attached hydrogens (primary N) is 1. The number of carbonyl (C=O) groups is 1. The van der Waals surface area contributed by atoms with E-state index < -0.39 is 6.04 Å². The van der Waals surface area contributed by atoms with Crippen LogP contribution in [0.4, 0.5) is 5.69 Å². The Balaban J connectivity index is 2.87. The zero-order valence-corrected chi connectivity index (χ0v) is 11.4. The number of methoxy groups -OCH3 is 2. The average Bonchev–Trinajstić information content (AvgIpc) is 2.41. The molecule has 0 aromatic heterocycles. The molecule has 106 valence electrons. The summed E-state index contributed by atoms with van der Waals surface area (Å²) in [5, 5.41) is 2.71. The molecule has 1 rings (SSSR count). The van der Waals surface area contributed by atoms with E-state index in [4.69, 9.17) is 19.9 Å². The van der Waals surface area contributed by atoms with Crippen molar-refractivity contribution < 1.29 is 19.0 Å². The first-order valence-corrected chi connectivity index (χ1v) is 5.98. The van der Waals surface area contributed by atoms with Crippen LogP contribution in [0, 0.1) is 0 Å². The second-order valence-electron chi connectivity index (χ2n) is 3.85. The number of benzene rings is 1. The fraction of sp³-hybridized carbons (Fsp3) is 0.462. The van der Waals surface area contributed by atoms with Gasteiger partial charge in [0.25, 0.3) is 0 Å². The molecule has 1 unspecified atom stereocenters. The lowest BCUT2D eigenvalue weighted by Gasteiger charge is -2.15. The van der Waals surface area contributed by atoms with Crippen molar-refractivity contribution in [3.8, 4) is 11.5 Å². The molecule has 1 atom stereocenters. The third kappa shape index (κ3) is 4.42. The Labute approximate surface area is 112 Å². The molecule has 0 heterocycles. The van der Waals surface area contributed by atoms with Gasteiger partial charge in [0.1, 0.15) is 17.5 Å². The molecule has 19 heavy (non-hydrogen) atoms. The number of nitrogens with one attached hydrogen (secondary N) is 1. The number of carbonyl (C=O) groups excluding carboxylic acids is 1. The van der Waals surface area contributed by atoms with Crippen LogP contribution in [0.15, 0.2) is 18.2 Å². The van der Waals surface area contributed by atoms with Gasteiger partial charge in [0.2, 0.25) is 5.91 Å². The highest BCUT2D eigenvalue weighted by Gasteiger charge is 2.15. The Morgan fingerprint density at radius 3 is 2.74 bits per heavy atom. The van der Waals surface area contributed by atoms with Crippen molar-refractivity contribution in [2.24, 2.45) is 5.73 Å². The predicted octanol–water partition coefficient (Wildman–Crippen LogP) is 1.01. The summed E-state index contributed by atoms with van der Waals surface area (Å²) in [6.45, 7) is 2.52. The Morgan fingerprint density at radius 2 is 2.16 bits per heavy atom. The smallest absolute Gasteiger partial charge is 0.243 e. The van der Waals surface area contributed by atoms with Crippen LogP contribution in [0.2, 0.25) is 0 Å². The molecule has 0 aliphatic heterocycles. The quantitative estimate of drug-likeness (QED) is 0.771. The van der Waals surface area contributed by atoms with Crippen molar-refractivity contribution in [2.75, 3.05) is 32.8 Å². The summed E-state index contributed by atoms with van der Waals surface area (Å²) in [7, 11) is 3.04. The van der Waals surface area contributed by atoms with Crippen LogP contribution in [0.25, 0.3) is 0 Å². The molecule has 0 bridgehead atoms. The molecule has 3 N–H and O–H groups in total. The average molecular weight is 268 g/mol. The highest BCUT2D eigenvalue weighted by atomic mass is 16.5. The molecule has 0 aliphatic carbocycles. The molecule has 0 spiro atoms. The minimum atomic E-state index is -0.731. The molecule has 6 nitrogen and oxygen atoms in total. The zero-order chi connectivity index (χ0) is 14.3. The fourth-order valence-corrected chi connectivity index (χ4v) is 1.50. The van der Waals surface area contributed by atoms with Gasteiger partial charge in [0.05, 0.1) is 26.0 Å². The molecule has 0 aliphatic rings. The molecule has 0 fully saturated rings.